The van der Waals surface area contributed by atoms with Crippen LogP contribution in [-0.2, 0) is 11.2 Å². The van der Waals surface area contributed by atoms with Gasteiger partial charge in [0.2, 0.25) is 5.91 Å². The van der Waals surface area contributed by atoms with Crippen LogP contribution < -0.4 is 15.4 Å². The summed E-state index contributed by atoms with van der Waals surface area (Å²) in [5.41, 5.74) is 6.42. The predicted molar refractivity (Wildman–Crippen MR) is 53.8 cm³/mol. The highest BCUT2D eigenvalue weighted by molar-refractivity contribution is 6.18. The fourth-order valence-corrected chi connectivity index (χ4v) is 1.67. The number of hydrogen-bond donors (Lipinski definition) is 1. The van der Waals surface area contributed by atoms with Gasteiger partial charge in [-0.25, -0.2) is 9.69 Å². The van der Waals surface area contributed by atoms with Gasteiger partial charge in [0.25, 0.3) is 0 Å². The molecular weight excluding hydrogens is 196 g/mol. The van der Waals surface area contributed by atoms with Crippen molar-refractivity contribution in [2.24, 2.45) is 5.73 Å². The smallest absolute Gasteiger partial charge is 0.326 e. The van der Waals surface area contributed by atoms with E-state index in [0.717, 1.165) is 10.5 Å². The molecule has 1 aromatic rings. The van der Waals surface area contributed by atoms with Gasteiger partial charge in [-0.2, -0.15) is 0 Å². The fraction of sp³-hybridized carbons (Fsp3) is 0.200. The number of nitrogens with two attached hydrogens (primary N) is 1. The molecular formula is C10H10N2O3. The zero-order valence-corrected chi connectivity index (χ0v) is 8.19. The lowest BCUT2D eigenvalue weighted by Gasteiger charge is -2.11. The van der Waals surface area contributed by atoms with Crippen LogP contribution in [-0.4, -0.2) is 19.0 Å². The highest BCUT2D eigenvalue weighted by Gasteiger charge is 2.31. The second kappa shape index (κ2) is 3.27. The lowest BCUT2D eigenvalue weighted by atomic mass is 10.1. The third-order valence-corrected chi connectivity index (χ3v) is 2.34. The zero-order valence-electron chi connectivity index (χ0n) is 8.19. The van der Waals surface area contributed by atoms with E-state index in [1.54, 1.807) is 25.3 Å². The van der Waals surface area contributed by atoms with E-state index in [1.165, 1.54) is 0 Å². The van der Waals surface area contributed by atoms with E-state index >= 15 is 0 Å². The summed E-state index contributed by atoms with van der Waals surface area (Å²) in [4.78, 5) is 23.5. The summed E-state index contributed by atoms with van der Waals surface area (Å²) in [5, 5.41) is 0. The van der Waals surface area contributed by atoms with Crippen LogP contribution in [0, 0.1) is 0 Å². The number of imide groups is 1. The summed E-state index contributed by atoms with van der Waals surface area (Å²) in [7, 11) is 1.55. The number of nitrogens with zero attached hydrogens (tertiary/aromatic N) is 1. The molecule has 0 aliphatic carbocycles. The van der Waals surface area contributed by atoms with E-state index in [0.29, 0.717) is 11.4 Å². The van der Waals surface area contributed by atoms with Crippen LogP contribution in [0.1, 0.15) is 5.56 Å². The number of ether oxygens (including phenoxy) is 1. The van der Waals surface area contributed by atoms with Gasteiger partial charge >= 0.3 is 6.03 Å². The molecule has 0 fully saturated rings. The van der Waals surface area contributed by atoms with Gasteiger partial charge in [-0.15, -0.1) is 0 Å². The van der Waals surface area contributed by atoms with Gasteiger partial charge in [0, 0.05) is 0 Å². The first-order valence-electron chi connectivity index (χ1n) is 4.43. The number of primary amides is 1. The molecule has 1 aliphatic rings. The standard InChI is InChI=1S/C10H10N2O3/c1-15-7-2-3-8-6(4-7)5-9(13)12(8)10(11)14/h2-4H,5H2,1H3,(H2,11,14). The quantitative estimate of drug-likeness (QED) is 0.733. The summed E-state index contributed by atoms with van der Waals surface area (Å²) in [6.07, 6.45) is 0.190. The van der Waals surface area contributed by atoms with E-state index in [4.69, 9.17) is 10.5 Å². The third-order valence-electron chi connectivity index (χ3n) is 2.34. The molecule has 0 unspecified atom stereocenters. The van der Waals surface area contributed by atoms with Crippen molar-refractivity contribution in [1.82, 2.24) is 0 Å². The summed E-state index contributed by atoms with van der Waals surface area (Å²) in [5.74, 6) is 0.360. The van der Waals surface area contributed by atoms with Crippen LogP contribution in [0.5, 0.6) is 5.75 Å². The van der Waals surface area contributed by atoms with E-state index in [2.05, 4.69) is 0 Å². The normalized spacial score (nSPS) is 13.9. The van der Waals surface area contributed by atoms with E-state index in [1.807, 2.05) is 0 Å². The van der Waals surface area contributed by atoms with Crippen LogP contribution >= 0.6 is 0 Å². The molecule has 15 heavy (non-hydrogen) atoms. The van der Waals surface area contributed by atoms with Gasteiger partial charge in [0.15, 0.2) is 0 Å². The second-order valence-corrected chi connectivity index (χ2v) is 3.24. The Hall–Kier alpha value is -2.04. The van der Waals surface area contributed by atoms with Crippen molar-refractivity contribution < 1.29 is 14.3 Å². The summed E-state index contributed by atoms with van der Waals surface area (Å²) in [6.45, 7) is 0. The number of urea groups is 1. The number of carbonyl (C=O) groups excluding carboxylic acids is 2. The average Bonchev–Trinajstić information content (AvgIpc) is 2.52. The molecule has 2 N–H and O–H groups in total. The number of fused-ring (bicyclic) bond motifs is 1. The van der Waals surface area contributed by atoms with Crippen molar-refractivity contribution in [3.8, 4) is 5.75 Å². The van der Waals surface area contributed by atoms with Crippen LogP contribution in [0.15, 0.2) is 18.2 Å². The zero-order chi connectivity index (χ0) is 11.0. The highest BCUT2D eigenvalue weighted by atomic mass is 16.5. The lowest BCUT2D eigenvalue weighted by Crippen LogP contribution is -2.38. The molecule has 0 saturated heterocycles. The number of rotatable bonds is 1. The number of methoxy groups -OCH3 is 1. The Labute approximate surface area is 86.4 Å². The molecule has 5 nitrogen and oxygen atoms in total. The Bertz CT molecular complexity index is 442. The Morgan fingerprint density at radius 2 is 2.27 bits per heavy atom. The molecule has 0 atom stereocenters. The maximum absolute atomic E-state index is 11.5. The minimum Gasteiger partial charge on any atom is -0.497 e. The lowest BCUT2D eigenvalue weighted by molar-refractivity contribution is -0.116. The number of anilines is 1. The van der Waals surface area contributed by atoms with Gasteiger partial charge in [-0.1, -0.05) is 0 Å². The Balaban J connectivity index is 2.47. The van der Waals surface area contributed by atoms with Gasteiger partial charge in [0.05, 0.1) is 19.2 Å². The first-order valence-corrected chi connectivity index (χ1v) is 4.43. The Morgan fingerprint density at radius 3 is 2.87 bits per heavy atom. The molecule has 0 bridgehead atoms. The van der Waals surface area contributed by atoms with Crippen molar-refractivity contribution in [2.45, 2.75) is 6.42 Å². The monoisotopic (exact) mass is 206 g/mol. The molecule has 2 rings (SSSR count). The molecule has 78 valence electrons. The first-order chi connectivity index (χ1) is 7.13. The SMILES string of the molecule is COc1ccc2c(c1)CC(=O)N2C(N)=O. The summed E-state index contributed by atoms with van der Waals surface area (Å²) < 4.78 is 5.02. The Kier molecular flexibility index (Phi) is 2.07. The van der Waals surface area contributed by atoms with Crippen LogP contribution in [0.4, 0.5) is 10.5 Å². The van der Waals surface area contributed by atoms with Gasteiger partial charge in [-0.05, 0) is 23.8 Å². The number of benzene rings is 1. The molecule has 0 radical (unpaired) electrons. The maximum atomic E-state index is 11.5. The molecule has 0 saturated carbocycles. The van der Waals surface area contributed by atoms with Gasteiger partial charge in [0.1, 0.15) is 5.75 Å². The van der Waals surface area contributed by atoms with Crippen LogP contribution in [0.2, 0.25) is 0 Å². The minimum atomic E-state index is -0.746. The largest absolute Gasteiger partial charge is 0.497 e. The van der Waals surface area contributed by atoms with Crippen molar-refractivity contribution in [2.75, 3.05) is 12.0 Å². The van der Waals surface area contributed by atoms with E-state index in [9.17, 15) is 9.59 Å². The fourth-order valence-electron chi connectivity index (χ4n) is 1.67. The molecule has 0 spiro atoms. The number of hydrogen-bond acceptors (Lipinski definition) is 3. The third kappa shape index (κ3) is 1.41. The Morgan fingerprint density at radius 1 is 1.53 bits per heavy atom. The van der Waals surface area contributed by atoms with Crippen molar-refractivity contribution in [3.05, 3.63) is 23.8 Å². The van der Waals surface area contributed by atoms with Crippen molar-refractivity contribution >= 4 is 17.6 Å². The average molecular weight is 206 g/mol. The summed E-state index contributed by atoms with van der Waals surface area (Å²) in [6, 6.07) is 4.33. The molecule has 1 heterocycles. The minimum absolute atomic E-state index is 0.190. The van der Waals surface area contributed by atoms with E-state index in [-0.39, 0.29) is 12.3 Å². The highest BCUT2D eigenvalue weighted by Crippen LogP contribution is 2.31. The van der Waals surface area contributed by atoms with Crippen LogP contribution in [0.3, 0.4) is 0 Å². The van der Waals surface area contributed by atoms with Crippen LogP contribution in [0.25, 0.3) is 0 Å². The molecule has 1 aliphatic heterocycles. The van der Waals surface area contributed by atoms with Crippen molar-refractivity contribution in [1.29, 1.82) is 0 Å². The second-order valence-electron chi connectivity index (χ2n) is 3.24. The molecule has 1 aromatic carbocycles. The molecule has 3 amide bonds. The predicted octanol–water partition coefficient (Wildman–Crippen LogP) is 0.663. The number of amides is 3. The maximum Gasteiger partial charge on any atom is 0.326 e. The van der Waals surface area contributed by atoms with Gasteiger partial charge in [-0.3, -0.25) is 4.79 Å². The van der Waals surface area contributed by atoms with Gasteiger partial charge < -0.3 is 10.5 Å². The molecule has 0 aromatic heterocycles. The van der Waals surface area contributed by atoms with Crippen molar-refractivity contribution in [3.63, 3.8) is 0 Å². The molecule has 5 heteroatoms. The first kappa shape index (κ1) is 9.51. The summed E-state index contributed by atoms with van der Waals surface area (Å²) >= 11 is 0. The number of carbonyl (C=O) groups is 2. The topological polar surface area (TPSA) is 72.6 Å². The van der Waals surface area contributed by atoms with E-state index < -0.39 is 6.03 Å².